The Hall–Kier alpha value is -1.34. The molecule has 0 spiro atoms. The van der Waals surface area contributed by atoms with Gasteiger partial charge in [-0.25, -0.2) is 4.79 Å². The van der Waals surface area contributed by atoms with Crippen molar-refractivity contribution in [3.05, 3.63) is 0 Å². The van der Waals surface area contributed by atoms with Gasteiger partial charge in [-0.15, -0.1) is 0 Å². The average Bonchev–Trinajstić information content (AvgIpc) is 2.46. The van der Waals surface area contributed by atoms with Gasteiger partial charge in [0.15, 0.2) is 0 Å². The smallest absolute Gasteiger partial charge is 0.317 e. The maximum absolute atomic E-state index is 12.1. The van der Waals surface area contributed by atoms with Crippen molar-refractivity contribution in [3.8, 4) is 0 Å². The predicted molar refractivity (Wildman–Crippen MR) is 79.4 cm³/mol. The molecule has 0 radical (unpaired) electrons. The van der Waals surface area contributed by atoms with Crippen molar-refractivity contribution in [2.24, 2.45) is 5.92 Å². The van der Waals surface area contributed by atoms with Crippen molar-refractivity contribution in [2.45, 2.75) is 26.2 Å². The Kier molecular flexibility index (Phi) is 11.6. The van der Waals surface area contributed by atoms with Gasteiger partial charge in [0.05, 0.1) is 6.61 Å². The molecule has 0 rings (SSSR count). The molecule has 0 bridgehead atoms. The van der Waals surface area contributed by atoms with E-state index in [0.717, 1.165) is 6.42 Å². The molecule has 0 aliphatic carbocycles. The van der Waals surface area contributed by atoms with Crippen molar-refractivity contribution >= 4 is 12.0 Å². The maximum atomic E-state index is 12.1. The van der Waals surface area contributed by atoms with Crippen molar-refractivity contribution < 1.29 is 24.2 Å². The third-order valence-electron chi connectivity index (χ3n) is 3.08. The second kappa shape index (κ2) is 12.4. The first-order valence-electron chi connectivity index (χ1n) is 7.23. The van der Waals surface area contributed by atoms with E-state index in [1.165, 1.54) is 0 Å². The summed E-state index contributed by atoms with van der Waals surface area (Å²) in [7, 11) is 3.23. The van der Waals surface area contributed by atoms with Crippen LogP contribution in [0.3, 0.4) is 0 Å². The largest absolute Gasteiger partial charge is 0.481 e. The van der Waals surface area contributed by atoms with Crippen LogP contribution in [0.15, 0.2) is 0 Å². The number of hydrogen-bond donors (Lipinski definition) is 2. The van der Waals surface area contributed by atoms with E-state index in [-0.39, 0.29) is 18.4 Å². The van der Waals surface area contributed by atoms with Crippen LogP contribution < -0.4 is 5.32 Å². The molecule has 0 heterocycles. The van der Waals surface area contributed by atoms with E-state index >= 15 is 0 Å². The van der Waals surface area contributed by atoms with Crippen molar-refractivity contribution in [3.63, 3.8) is 0 Å². The highest BCUT2D eigenvalue weighted by Crippen LogP contribution is 2.04. The molecule has 7 nitrogen and oxygen atoms in total. The molecule has 0 aromatic heterocycles. The Balaban J connectivity index is 4.09. The average molecular weight is 304 g/mol. The van der Waals surface area contributed by atoms with E-state index in [2.05, 4.69) is 5.32 Å². The number of methoxy groups -OCH3 is 2. The number of rotatable bonds is 12. The summed E-state index contributed by atoms with van der Waals surface area (Å²) in [6, 6.07) is -0.148. The van der Waals surface area contributed by atoms with Crippen LogP contribution in [0.1, 0.15) is 26.2 Å². The normalized spacial score (nSPS) is 12.0. The molecule has 0 aliphatic rings. The Morgan fingerprint density at radius 3 is 2.43 bits per heavy atom. The number of nitrogens with one attached hydrogen (secondary N) is 1. The van der Waals surface area contributed by atoms with Gasteiger partial charge < -0.3 is 24.8 Å². The van der Waals surface area contributed by atoms with Gasteiger partial charge in [-0.3, -0.25) is 4.79 Å². The molecule has 2 N–H and O–H groups in total. The summed E-state index contributed by atoms with van der Waals surface area (Å²) in [4.78, 5) is 24.3. The zero-order valence-electron chi connectivity index (χ0n) is 13.3. The Morgan fingerprint density at radius 1 is 1.19 bits per heavy atom. The van der Waals surface area contributed by atoms with Gasteiger partial charge in [0.2, 0.25) is 0 Å². The Labute approximate surface area is 126 Å². The van der Waals surface area contributed by atoms with E-state index in [1.54, 1.807) is 19.1 Å². The first-order chi connectivity index (χ1) is 10.0. The van der Waals surface area contributed by atoms with Gasteiger partial charge in [-0.2, -0.15) is 0 Å². The molecule has 1 atom stereocenters. The lowest BCUT2D eigenvalue weighted by molar-refractivity contribution is -0.137. The van der Waals surface area contributed by atoms with E-state index in [0.29, 0.717) is 39.3 Å². The van der Waals surface area contributed by atoms with Crippen LogP contribution in [-0.2, 0) is 14.3 Å². The SMILES string of the molecule is COCCCN(CCOC)C(=O)NCC(C)CCC(=O)O. The lowest BCUT2D eigenvalue weighted by Crippen LogP contribution is -2.43. The zero-order chi connectivity index (χ0) is 16.1. The zero-order valence-corrected chi connectivity index (χ0v) is 13.3. The highest BCUT2D eigenvalue weighted by Gasteiger charge is 2.14. The summed E-state index contributed by atoms with van der Waals surface area (Å²) in [6.45, 7) is 4.61. The van der Waals surface area contributed by atoms with Crippen LogP contribution in [-0.4, -0.2) is 69.1 Å². The molecule has 0 aromatic carbocycles. The molecule has 2 amide bonds. The number of carboxylic acids is 1. The highest BCUT2D eigenvalue weighted by molar-refractivity contribution is 5.74. The van der Waals surface area contributed by atoms with Crippen LogP contribution in [0, 0.1) is 5.92 Å². The molecular formula is C14H28N2O5. The quantitative estimate of drug-likeness (QED) is 0.529. The monoisotopic (exact) mass is 304 g/mol. The number of hydrogen-bond acceptors (Lipinski definition) is 4. The summed E-state index contributed by atoms with van der Waals surface area (Å²) < 4.78 is 9.98. The maximum Gasteiger partial charge on any atom is 0.317 e. The van der Waals surface area contributed by atoms with E-state index < -0.39 is 5.97 Å². The summed E-state index contributed by atoms with van der Waals surface area (Å²) in [6.07, 6.45) is 1.44. The number of urea groups is 1. The third-order valence-corrected chi connectivity index (χ3v) is 3.08. The molecule has 0 aliphatic heterocycles. The van der Waals surface area contributed by atoms with Gasteiger partial charge in [0.25, 0.3) is 0 Å². The molecule has 124 valence electrons. The molecule has 0 saturated carbocycles. The number of ether oxygens (including phenoxy) is 2. The van der Waals surface area contributed by atoms with Crippen molar-refractivity contribution in [1.82, 2.24) is 10.2 Å². The number of carbonyl (C=O) groups excluding carboxylic acids is 1. The van der Waals surface area contributed by atoms with Gasteiger partial charge >= 0.3 is 12.0 Å². The molecule has 7 heteroatoms. The highest BCUT2D eigenvalue weighted by atomic mass is 16.5. The summed E-state index contributed by atoms with van der Waals surface area (Å²) >= 11 is 0. The second-order valence-corrected chi connectivity index (χ2v) is 5.05. The number of carbonyl (C=O) groups is 2. The number of aliphatic carboxylic acids is 1. The lowest BCUT2D eigenvalue weighted by Gasteiger charge is -2.23. The molecular weight excluding hydrogens is 276 g/mol. The topological polar surface area (TPSA) is 88.1 Å². The van der Waals surface area contributed by atoms with E-state index in [9.17, 15) is 9.59 Å². The molecule has 0 fully saturated rings. The number of amides is 2. The van der Waals surface area contributed by atoms with Gasteiger partial charge in [0, 0.05) is 46.9 Å². The standard InChI is InChI=1S/C14H28N2O5/c1-12(5-6-13(17)18)11-15-14(19)16(8-10-21-3)7-4-9-20-2/h12H,4-11H2,1-3H3,(H,15,19)(H,17,18). The van der Waals surface area contributed by atoms with Crippen LogP contribution in [0.4, 0.5) is 4.79 Å². The number of carboxylic acid groups (broad SMARTS) is 1. The second-order valence-electron chi connectivity index (χ2n) is 5.05. The molecule has 0 saturated heterocycles. The fourth-order valence-corrected chi connectivity index (χ4v) is 1.76. The van der Waals surface area contributed by atoms with Crippen LogP contribution in [0.5, 0.6) is 0 Å². The molecule has 0 aromatic rings. The van der Waals surface area contributed by atoms with Crippen molar-refractivity contribution in [2.75, 3.05) is 47.1 Å². The minimum atomic E-state index is -0.811. The Morgan fingerprint density at radius 2 is 1.86 bits per heavy atom. The summed E-state index contributed by atoms with van der Waals surface area (Å²) in [5.41, 5.74) is 0. The number of nitrogens with zero attached hydrogens (tertiary/aromatic N) is 1. The minimum Gasteiger partial charge on any atom is -0.481 e. The van der Waals surface area contributed by atoms with Gasteiger partial charge in [0.1, 0.15) is 0 Å². The van der Waals surface area contributed by atoms with Crippen LogP contribution >= 0.6 is 0 Å². The van der Waals surface area contributed by atoms with Gasteiger partial charge in [-0.05, 0) is 18.8 Å². The molecule has 21 heavy (non-hydrogen) atoms. The molecule has 1 unspecified atom stereocenters. The predicted octanol–water partition coefficient (Wildman–Crippen LogP) is 1.18. The first-order valence-corrected chi connectivity index (χ1v) is 7.23. The third kappa shape index (κ3) is 11.0. The first kappa shape index (κ1) is 19.7. The van der Waals surface area contributed by atoms with Gasteiger partial charge in [-0.1, -0.05) is 6.92 Å². The fourth-order valence-electron chi connectivity index (χ4n) is 1.76. The van der Waals surface area contributed by atoms with Crippen LogP contribution in [0.25, 0.3) is 0 Å². The summed E-state index contributed by atoms with van der Waals surface area (Å²) in [5.74, 6) is -0.678. The van der Waals surface area contributed by atoms with E-state index in [4.69, 9.17) is 14.6 Å². The summed E-state index contributed by atoms with van der Waals surface area (Å²) in [5, 5.41) is 11.5. The Bertz CT molecular complexity index is 299. The fraction of sp³-hybridized carbons (Fsp3) is 0.857. The van der Waals surface area contributed by atoms with E-state index in [1.807, 2.05) is 6.92 Å². The van der Waals surface area contributed by atoms with Crippen molar-refractivity contribution in [1.29, 1.82) is 0 Å². The minimum absolute atomic E-state index is 0.123. The van der Waals surface area contributed by atoms with Crippen LogP contribution in [0.2, 0.25) is 0 Å². The lowest BCUT2D eigenvalue weighted by atomic mass is 10.1.